The molecule has 0 unspecified atom stereocenters. The Balaban J connectivity index is 1.75. The number of aliphatic hydroxyl groups excluding tert-OH is 7. The zero-order chi connectivity index (χ0) is 21.8. The molecule has 0 radical (unpaired) electrons. The topological polar surface area (TPSA) is 169 Å². The molecular weight excluding hydrogens is 420 g/mol. The SMILES string of the molecule is OC[C@H]1O[C@H](S[C@H]2[C@H](OCc3ccccc3)O[C@H](CO)[C@@H](O)[C@@H]2O)[C@H](O)[C@@H](O)[C@@H]1O. The van der Waals surface area contributed by atoms with Crippen LogP contribution < -0.4 is 0 Å². The summed E-state index contributed by atoms with van der Waals surface area (Å²) in [7, 11) is 0. The molecule has 0 bridgehead atoms. The third-order valence-corrected chi connectivity index (χ3v) is 6.69. The van der Waals surface area contributed by atoms with Gasteiger partial charge in [0.15, 0.2) is 6.29 Å². The van der Waals surface area contributed by atoms with Gasteiger partial charge in [-0.25, -0.2) is 0 Å². The zero-order valence-corrected chi connectivity index (χ0v) is 16.9. The molecule has 30 heavy (non-hydrogen) atoms. The highest BCUT2D eigenvalue weighted by atomic mass is 32.2. The van der Waals surface area contributed by atoms with Crippen LogP contribution in [0.5, 0.6) is 0 Å². The Morgan fingerprint density at radius 2 is 1.37 bits per heavy atom. The average Bonchev–Trinajstić information content (AvgIpc) is 2.77. The highest BCUT2D eigenvalue weighted by Crippen LogP contribution is 2.38. The van der Waals surface area contributed by atoms with E-state index in [-0.39, 0.29) is 6.61 Å². The summed E-state index contributed by atoms with van der Waals surface area (Å²) < 4.78 is 16.9. The molecule has 2 heterocycles. The van der Waals surface area contributed by atoms with E-state index in [9.17, 15) is 35.7 Å². The van der Waals surface area contributed by atoms with Gasteiger partial charge in [0, 0.05) is 0 Å². The van der Waals surface area contributed by atoms with Crippen molar-refractivity contribution in [3.05, 3.63) is 35.9 Å². The molecule has 2 fully saturated rings. The molecule has 1 aromatic carbocycles. The van der Waals surface area contributed by atoms with Crippen LogP contribution in [0.1, 0.15) is 5.56 Å². The molecule has 0 amide bonds. The second-order valence-corrected chi connectivity index (χ2v) is 8.58. The van der Waals surface area contributed by atoms with Gasteiger partial charge in [0.25, 0.3) is 0 Å². The summed E-state index contributed by atoms with van der Waals surface area (Å²) in [6, 6.07) is 9.17. The third kappa shape index (κ3) is 5.14. The van der Waals surface area contributed by atoms with Crippen molar-refractivity contribution < 1.29 is 50.0 Å². The molecule has 2 aliphatic heterocycles. The van der Waals surface area contributed by atoms with Gasteiger partial charge in [0.1, 0.15) is 42.1 Å². The first-order valence-corrected chi connectivity index (χ1v) is 10.6. The van der Waals surface area contributed by atoms with Gasteiger partial charge in [-0.2, -0.15) is 0 Å². The van der Waals surface area contributed by atoms with E-state index in [1.807, 2.05) is 30.3 Å². The van der Waals surface area contributed by atoms with Gasteiger partial charge in [-0.1, -0.05) is 30.3 Å². The molecule has 10 atom stereocenters. The quantitative estimate of drug-likeness (QED) is 0.236. The molecule has 1 aromatic rings. The number of thioether (sulfide) groups is 1. The summed E-state index contributed by atoms with van der Waals surface area (Å²) in [4.78, 5) is 0. The monoisotopic (exact) mass is 448 g/mol. The minimum atomic E-state index is -1.58. The molecule has 7 N–H and O–H groups in total. The fourth-order valence-corrected chi connectivity index (χ4v) is 4.85. The summed E-state index contributed by atoms with van der Waals surface area (Å²) in [5.74, 6) is 0. The summed E-state index contributed by atoms with van der Waals surface area (Å²) >= 11 is 0.846. The van der Waals surface area contributed by atoms with Gasteiger partial charge in [-0.05, 0) is 5.56 Å². The standard InChI is InChI=1S/C19H28O10S/c20-6-10-13(23)15(25)17(18(28-10)27-8-9-4-2-1-3-5-9)30-19-16(26)14(24)12(22)11(7-21)29-19/h1-5,10-26H,6-8H2/t10-,11-,12-,13-,14+,15+,16-,17-,18-,19-/m1/s1. The van der Waals surface area contributed by atoms with Crippen LogP contribution in [0.2, 0.25) is 0 Å². The van der Waals surface area contributed by atoms with E-state index in [2.05, 4.69) is 0 Å². The Kier molecular flexibility index (Phi) is 8.46. The molecule has 0 aliphatic carbocycles. The number of aliphatic hydroxyl groups is 7. The van der Waals surface area contributed by atoms with Crippen LogP contribution in [-0.4, -0.2) is 109 Å². The lowest BCUT2D eigenvalue weighted by atomic mass is 10.0. The largest absolute Gasteiger partial charge is 0.394 e. The van der Waals surface area contributed by atoms with Crippen molar-refractivity contribution in [2.24, 2.45) is 0 Å². The number of benzene rings is 1. The fraction of sp³-hybridized carbons (Fsp3) is 0.684. The van der Waals surface area contributed by atoms with Crippen molar-refractivity contribution in [3.8, 4) is 0 Å². The maximum Gasteiger partial charge on any atom is 0.173 e. The summed E-state index contributed by atoms with van der Waals surface area (Å²) in [5, 5.41) is 69.0. The zero-order valence-electron chi connectivity index (χ0n) is 16.0. The van der Waals surface area contributed by atoms with Crippen LogP contribution in [-0.2, 0) is 20.8 Å². The normalized spacial score (nSPS) is 42.2. The predicted molar refractivity (Wildman–Crippen MR) is 104 cm³/mol. The van der Waals surface area contributed by atoms with Gasteiger partial charge in [0.05, 0.1) is 31.2 Å². The van der Waals surface area contributed by atoms with Crippen LogP contribution >= 0.6 is 11.8 Å². The highest BCUT2D eigenvalue weighted by Gasteiger charge is 2.50. The second kappa shape index (κ2) is 10.7. The number of hydrogen-bond acceptors (Lipinski definition) is 11. The molecule has 11 heteroatoms. The van der Waals surface area contributed by atoms with Crippen LogP contribution in [0.15, 0.2) is 30.3 Å². The van der Waals surface area contributed by atoms with Gasteiger partial charge >= 0.3 is 0 Å². The van der Waals surface area contributed by atoms with Crippen LogP contribution in [0.4, 0.5) is 0 Å². The first kappa shape index (κ1) is 23.8. The Labute approximate surface area is 177 Å². The summed E-state index contributed by atoms with van der Waals surface area (Å²) in [6.45, 7) is -1.01. The van der Waals surface area contributed by atoms with Crippen LogP contribution in [0, 0.1) is 0 Å². The molecule has 0 spiro atoms. The van der Waals surface area contributed by atoms with Crippen molar-refractivity contribution in [1.82, 2.24) is 0 Å². The molecular formula is C19H28O10S. The van der Waals surface area contributed by atoms with E-state index < -0.39 is 72.9 Å². The number of rotatable bonds is 7. The molecule has 3 rings (SSSR count). The van der Waals surface area contributed by atoms with E-state index >= 15 is 0 Å². The average molecular weight is 448 g/mol. The van der Waals surface area contributed by atoms with Crippen molar-refractivity contribution in [2.75, 3.05) is 13.2 Å². The van der Waals surface area contributed by atoms with Gasteiger partial charge in [0.2, 0.25) is 0 Å². The summed E-state index contributed by atoms with van der Waals surface area (Å²) in [6.07, 6.45) is -10.7. The van der Waals surface area contributed by atoms with Gasteiger partial charge in [-0.15, -0.1) is 11.8 Å². The minimum Gasteiger partial charge on any atom is -0.394 e. The first-order chi connectivity index (χ1) is 14.4. The van der Waals surface area contributed by atoms with Crippen molar-refractivity contribution in [1.29, 1.82) is 0 Å². The third-order valence-electron chi connectivity index (χ3n) is 5.22. The molecule has 2 aliphatic rings. The Morgan fingerprint density at radius 3 is 2.00 bits per heavy atom. The van der Waals surface area contributed by atoms with Gasteiger partial charge < -0.3 is 50.0 Å². The highest BCUT2D eigenvalue weighted by molar-refractivity contribution is 8.00. The minimum absolute atomic E-state index is 0.123. The smallest absolute Gasteiger partial charge is 0.173 e. The molecule has 0 saturated carbocycles. The van der Waals surface area contributed by atoms with Crippen LogP contribution in [0.25, 0.3) is 0 Å². The maximum atomic E-state index is 10.6. The molecule has 2 saturated heterocycles. The summed E-state index contributed by atoms with van der Waals surface area (Å²) in [5.41, 5.74) is -0.316. The van der Waals surface area contributed by atoms with Crippen molar-refractivity contribution in [2.45, 2.75) is 66.3 Å². The van der Waals surface area contributed by atoms with Crippen molar-refractivity contribution >= 4 is 11.8 Å². The molecule has 0 aromatic heterocycles. The fourth-order valence-electron chi connectivity index (χ4n) is 3.42. The molecule has 170 valence electrons. The first-order valence-electron chi connectivity index (χ1n) is 9.61. The predicted octanol–water partition coefficient (Wildman–Crippen LogP) is -2.46. The van der Waals surface area contributed by atoms with Gasteiger partial charge in [-0.3, -0.25) is 0 Å². The Bertz CT molecular complexity index is 649. The molecule has 10 nitrogen and oxygen atoms in total. The van der Waals surface area contributed by atoms with Crippen molar-refractivity contribution in [3.63, 3.8) is 0 Å². The maximum absolute atomic E-state index is 10.6. The van der Waals surface area contributed by atoms with E-state index in [1.165, 1.54) is 0 Å². The van der Waals surface area contributed by atoms with E-state index in [1.54, 1.807) is 0 Å². The Morgan fingerprint density at radius 1 is 0.767 bits per heavy atom. The lowest BCUT2D eigenvalue weighted by Crippen LogP contribution is -2.61. The number of ether oxygens (including phenoxy) is 3. The second-order valence-electron chi connectivity index (χ2n) is 7.30. The lowest BCUT2D eigenvalue weighted by molar-refractivity contribution is -0.256. The van der Waals surface area contributed by atoms with E-state index in [4.69, 9.17) is 14.2 Å². The van der Waals surface area contributed by atoms with Crippen LogP contribution in [0.3, 0.4) is 0 Å². The van der Waals surface area contributed by atoms with E-state index in [0.29, 0.717) is 0 Å². The lowest BCUT2D eigenvalue weighted by Gasteiger charge is -2.45. The Hall–Kier alpha value is -0.830. The number of hydrogen-bond donors (Lipinski definition) is 7. The van der Waals surface area contributed by atoms with E-state index in [0.717, 1.165) is 17.3 Å².